The first-order valence-corrected chi connectivity index (χ1v) is 6.00. The SMILES string of the molecule is CCN(CC(=O)NC(C)C)C(=O)NC[C@H](O)C(=O)O. The summed E-state index contributed by atoms with van der Waals surface area (Å²) >= 11 is 0. The number of nitrogens with zero attached hydrogens (tertiary/aromatic N) is 1. The molecule has 0 aromatic rings. The van der Waals surface area contributed by atoms with Gasteiger partial charge in [0.1, 0.15) is 6.54 Å². The fourth-order valence-electron chi connectivity index (χ4n) is 1.25. The van der Waals surface area contributed by atoms with Gasteiger partial charge in [-0.3, -0.25) is 4.79 Å². The Bertz CT molecular complexity index is 332. The molecule has 110 valence electrons. The molecule has 0 radical (unpaired) electrons. The van der Waals surface area contributed by atoms with Crippen LogP contribution in [0.2, 0.25) is 0 Å². The summed E-state index contributed by atoms with van der Waals surface area (Å²) in [7, 11) is 0. The molecule has 3 amide bonds. The highest BCUT2D eigenvalue weighted by Gasteiger charge is 2.19. The first-order chi connectivity index (χ1) is 8.77. The molecule has 0 bridgehead atoms. The van der Waals surface area contributed by atoms with Gasteiger partial charge in [-0.05, 0) is 20.8 Å². The third kappa shape index (κ3) is 7.24. The fourth-order valence-corrected chi connectivity index (χ4v) is 1.25. The first-order valence-electron chi connectivity index (χ1n) is 6.00. The molecule has 19 heavy (non-hydrogen) atoms. The normalized spacial score (nSPS) is 11.8. The average Bonchev–Trinajstić information content (AvgIpc) is 2.31. The number of amides is 3. The van der Waals surface area contributed by atoms with E-state index in [-0.39, 0.29) is 18.5 Å². The molecule has 0 aliphatic rings. The molecule has 0 unspecified atom stereocenters. The first kappa shape index (κ1) is 17.2. The number of hydrogen-bond acceptors (Lipinski definition) is 4. The quantitative estimate of drug-likeness (QED) is 0.474. The van der Waals surface area contributed by atoms with Gasteiger partial charge in [-0.1, -0.05) is 0 Å². The number of likely N-dealkylation sites (N-methyl/N-ethyl adjacent to an activating group) is 1. The van der Waals surface area contributed by atoms with Crippen LogP contribution in [0.5, 0.6) is 0 Å². The van der Waals surface area contributed by atoms with Crippen molar-refractivity contribution in [3.8, 4) is 0 Å². The van der Waals surface area contributed by atoms with Crippen LogP contribution in [0.15, 0.2) is 0 Å². The van der Waals surface area contributed by atoms with Crippen molar-refractivity contribution in [2.24, 2.45) is 0 Å². The lowest BCUT2D eigenvalue weighted by atomic mass is 10.3. The summed E-state index contributed by atoms with van der Waals surface area (Å²) in [4.78, 5) is 34.7. The number of urea groups is 1. The van der Waals surface area contributed by atoms with Crippen molar-refractivity contribution in [1.29, 1.82) is 0 Å². The van der Waals surface area contributed by atoms with E-state index >= 15 is 0 Å². The molecule has 8 heteroatoms. The van der Waals surface area contributed by atoms with Crippen LogP contribution in [0.25, 0.3) is 0 Å². The van der Waals surface area contributed by atoms with E-state index in [1.54, 1.807) is 20.8 Å². The summed E-state index contributed by atoms with van der Waals surface area (Å²) < 4.78 is 0. The number of aliphatic hydroxyl groups excluding tert-OH is 1. The number of aliphatic hydroxyl groups is 1. The lowest BCUT2D eigenvalue weighted by Crippen LogP contribution is -2.48. The zero-order valence-electron chi connectivity index (χ0n) is 11.3. The highest BCUT2D eigenvalue weighted by atomic mass is 16.4. The number of rotatable bonds is 7. The Morgan fingerprint density at radius 1 is 1.26 bits per heavy atom. The summed E-state index contributed by atoms with van der Waals surface area (Å²) in [5.74, 6) is -1.72. The number of hydrogen-bond donors (Lipinski definition) is 4. The zero-order valence-corrected chi connectivity index (χ0v) is 11.3. The minimum atomic E-state index is -1.66. The van der Waals surface area contributed by atoms with Gasteiger partial charge in [0.05, 0.1) is 6.54 Å². The largest absolute Gasteiger partial charge is 0.479 e. The standard InChI is InChI=1S/C11H21N3O5/c1-4-14(6-9(16)13-7(2)3)11(19)12-5-8(15)10(17)18/h7-8,15H,4-6H2,1-3H3,(H,12,19)(H,13,16)(H,17,18)/t8-/m0/s1. The van der Waals surface area contributed by atoms with Crippen LogP contribution in [0, 0.1) is 0 Å². The van der Waals surface area contributed by atoms with Crippen molar-refractivity contribution < 1.29 is 24.6 Å². The van der Waals surface area contributed by atoms with Gasteiger partial charge in [0.25, 0.3) is 0 Å². The molecule has 0 saturated carbocycles. The summed E-state index contributed by atoms with van der Waals surface area (Å²) in [5, 5.41) is 22.4. The summed E-state index contributed by atoms with van der Waals surface area (Å²) in [6.45, 7) is 5.06. The van der Waals surface area contributed by atoms with Crippen LogP contribution in [-0.2, 0) is 9.59 Å². The van der Waals surface area contributed by atoms with Crippen LogP contribution in [-0.4, -0.2) is 64.8 Å². The molecule has 0 saturated heterocycles. The van der Waals surface area contributed by atoms with Crippen molar-refractivity contribution in [2.45, 2.75) is 32.9 Å². The second-order valence-corrected chi connectivity index (χ2v) is 4.28. The van der Waals surface area contributed by atoms with E-state index in [9.17, 15) is 14.4 Å². The average molecular weight is 275 g/mol. The number of carboxylic acids is 1. The molecular weight excluding hydrogens is 254 g/mol. The summed E-state index contributed by atoms with van der Waals surface area (Å²) in [6.07, 6.45) is -1.66. The zero-order chi connectivity index (χ0) is 15.0. The van der Waals surface area contributed by atoms with Crippen molar-refractivity contribution >= 4 is 17.9 Å². The molecule has 0 spiro atoms. The molecule has 8 nitrogen and oxygen atoms in total. The molecule has 1 atom stereocenters. The van der Waals surface area contributed by atoms with E-state index in [0.29, 0.717) is 6.54 Å². The second kappa shape index (κ2) is 8.30. The van der Waals surface area contributed by atoms with Gasteiger partial charge in [0.15, 0.2) is 6.10 Å². The maximum atomic E-state index is 11.7. The van der Waals surface area contributed by atoms with Crippen molar-refractivity contribution in [1.82, 2.24) is 15.5 Å². The van der Waals surface area contributed by atoms with Gasteiger partial charge in [0.2, 0.25) is 5.91 Å². The Labute approximate surface area is 111 Å². The van der Waals surface area contributed by atoms with Crippen LogP contribution in [0.3, 0.4) is 0 Å². The highest BCUT2D eigenvalue weighted by molar-refractivity contribution is 5.84. The van der Waals surface area contributed by atoms with Crippen LogP contribution < -0.4 is 10.6 Å². The Hall–Kier alpha value is -1.83. The number of nitrogens with one attached hydrogen (secondary N) is 2. The minimum Gasteiger partial charge on any atom is -0.479 e. The number of carbonyl (C=O) groups excluding carboxylic acids is 2. The highest BCUT2D eigenvalue weighted by Crippen LogP contribution is 1.91. The predicted octanol–water partition coefficient (Wildman–Crippen LogP) is -1.01. The lowest BCUT2D eigenvalue weighted by molar-refractivity contribution is -0.146. The van der Waals surface area contributed by atoms with E-state index in [4.69, 9.17) is 10.2 Å². The molecule has 0 aliphatic heterocycles. The van der Waals surface area contributed by atoms with Gasteiger partial charge in [-0.15, -0.1) is 0 Å². The van der Waals surface area contributed by atoms with E-state index in [0.717, 1.165) is 0 Å². The third-order valence-electron chi connectivity index (χ3n) is 2.18. The molecule has 0 aromatic heterocycles. The smallest absolute Gasteiger partial charge is 0.334 e. The lowest BCUT2D eigenvalue weighted by Gasteiger charge is -2.22. The maximum absolute atomic E-state index is 11.7. The second-order valence-electron chi connectivity index (χ2n) is 4.28. The van der Waals surface area contributed by atoms with E-state index in [2.05, 4.69) is 10.6 Å². The topological polar surface area (TPSA) is 119 Å². The van der Waals surface area contributed by atoms with E-state index in [1.807, 2.05) is 0 Å². The molecular formula is C11H21N3O5. The van der Waals surface area contributed by atoms with Crippen molar-refractivity contribution in [3.05, 3.63) is 0 Å². The monoisotopic (exact) mass is 275 g/mol. The number of carbonyl (C=O) groups is 3. The van der Waals surface area contributed by atoms with Gasteiger partial charge >= 0.3 is 12.0 Å². The van der Waals surface area contributed by atoms with E-state index < -0.39 is 24.6 Å². The van der Waals surface area contributed by atoms with Gasteiger partial charge < -0.3 is 25.7 Å². The van der Waals surface area contributed by atoms with Gasteiger partial charge in [-0.25, -0.2) is 9.59 Å². The minimum absolute atomic E-state index is 0.0249. The number of aliphatic carboxylic acids is 1. The van der Waals surface area contributed by atoms with Crippen LogP contribution in [0.1, 0.15) is 20.8 Å². The molecule has 0 rings (SSSR count). The predicted molar refractivity (Wildman–Crippen MR) is 67.6 cm³/mol. The van der Waals surface area contributed by atoms with Crippen LogP contribution >= 0.6 is 0 Å². The Kier molecular flexibility index (Phi) is 7.50. The third-order valence-corrected chi connectivity index (χ3v) is 2.18. The Balaban J connectivity index is 4.25. The molecule has 4 N–H and O–H groups in total. The van der Waals surface area contributed by atoms with Crippen molar-refractivity contribution in [2.75, 3.05) is 19.6 Å². The number of carboxylic acid groups (broad SMARTS) is 1. The molecule has 0 heterocycles. The van der Waals surface area contributed by atoms with Crippen molar-refractivity contribution in [3.63, 3.8) is 0 Å². The summed E-state index contributed by atoms with van der Waals surface area (Å²) in [6, 6.07) is -0.621. The fraction of sp³-hybridized carbons (Fsp3) is 0.727. The summed E-state index contributed by atoms with van der Waals surface area (Å²) in [5.41, 5.74) is 0. The van der Waals surface area contributed by atoms with E-state index in [1.165, 1.54) is 4.90 Å². The van der Waals surface area contributed by atoms with Gasteiger partial charge in [0, 0.05) is 12.6 Å². The Morgan fingerprint density at radius 2 is 1.84 bits per heavy atom. The molecule has 0 aliphatic carbocycles. The van der Waals surface area contributed by atoms with Crippen LogP contribution in [0.4, 0.5) is 4.79 Å². The molecule has 0 aromatic carbocycles. The van der Waals surface area contributed by atoms with Gasteiger partial charge in [-0.2, -0.15) is 0 Å². The maximum Gasteiger partial charge on any atom is 0.334 e. The Morgan fingerprint density at radius 3 is 2.26 bits per heavy atom. The molecule has 0 fully saturated rings.